The second kappa shape index (κ2) is 9.96. The number of benzene rings is 1. The van der Waals surface area contributed by atoms with Crippen LogP contribution in [0.15, 0.2) is 24.3 Å². The number of piperidine rings is 2. The highest BCUT2D eigenvalue weighted by molar-refractivity contribution is 5.84. The first kappa shape index (κ1) is 24.5. The molecule has 0 radical (unpaired) electrons. The van der Waals surface area contributed by atoms with Crippen molar-refractivity contribution in [2.24, 2.45) is 17.8 Å². The summed E-state index contributed by atoms with van der Waals surface area (Å²) in [6.07, 6.45) is -0.623. The molecule has 1 aliphatic carbocycles. The number of amides is 2. The van der Waals surface area contributed by atoms with Crippen LogP contribution >= 0.6 is 0 Å². The van der Waals surface area contributed by atoms with Gasteiger partial charge in [0.1, 0.15) is 0 Å². The normalized spacial score (nSPS) is 25.7. The Morgan fingerprint density at radius 3 is 2.38 bits per heavy atom. The van der Waals surface area contributed by atoms with Gasteiger partial charge in [0.15, 0.2) is 0 Å². The Balaban J connectivity index is 1.50. The van der Waals surface area contributed by atoms with Crippen LogP contribution in [0.1, 0.15) is 62.6 Å². The van der Waals surface area contributed by atoms with E-state index in [0.29, 0.717) is 50.9 Å². The van der Waals surface area contributed by atoms with Crippen molar-refractivity contribution in [3.05, 3.63) is 35.4 Å². The number of halogens is 3. The summed E-state index contributed by atoms with van der Waals surface area (Å²) >= 11 is 0. The average molecular weight is 481 g/mol. The largest absolute Gasteiger partial charge is 0.466 e. The number of ether oxygens (including phenoxy) is 1. The molecule has 9 heteroatoms. The molecular weight excluding hydrogens is 449 g/mol. The van der Waals surface area contributed by atoms with Crippen molar-refractivity contribution in [3.63, 3.8) is 0 Å². The fourth-order valence-corrected chi connectivity index (χ4v) is 5.14. The molecule has 1 aromatic carbocycles. The maximum absolute atomic E-state index is 13.3. The number of carbonyl (C=O) groups excluding carboxylic acids is 3. The second-order valence-corrected chi connectivity index (χ2v) is 9.55. The third-order valence-electron chi connectivity index (χ3n) is 7.09. The fourth-order valence-electron chi connectivity index (χ4n) is 5.14. The lowest BCUT2D eigenvalue weighted by molar-refractivity contribution is -0.152. The first-order valence-electron chi connectivity index (χ1n) is 12.1. The third kappa shape index (κ3) is 5.39. The van der Waals surface area contributed by atoms with Crippen molar-refractivity contribution >= 4 is 17.8 Å². The van der Waals surface area contributed by atoms with E-state index in [-0.39, 0.29) is 36.2 Å². The zero-order chi connectivity index (χ0) is 24.5. The van der Waals surface area contributed by atoms with Crippen LogP contribution in [0.5, 0.6) is 0 Å². The van der Waals surface area contributed by atoms with E-state index >= 15 is 0 Å². The molecule has 3 atom stereocenters. The molecule has 0 bridgehead atoms. The summed E-state index contributed by atoms with van der Waals surface area (Å²) in [5.41, 5.74) is -0.282. The number of carbonyl (C=O) groups is 3. The van der Waals surface area contributed by atoms with Gasteiger partial charge in [0.2, 0.25) is 11.8 Å². The molecule has 3 aliphatic rings. The van der Waals surface area contributed by atoms with Crippen LogP contribution in [-0.4, -0.2) is 53.8 Å². The zero-order valence-electron chi connectivity index (χ0n) is 19.4. The van der Waals surface area contributed by atoms with E-state index in [1.807, 2.05) is 0 Å². The molecule has 0 aromatic heterocycles. The van der Waals surface area contributed by atoms with E-state index < -0.39 is 23.7 Å². The molecule has 0 N–H and O–H groups in total. The summed E-state index contributed by atoms with van der Waals surface area (Å²) in [5.74, 6) is -1.34. The number of likely N-dealkylation sites (tertiary alicyclic amines) is 2. The predicted molar refractivity (Wildman–Crippen MR) is 117 cm³/mol. The minimum absolute atomic E-state index is 0.0806. The molecule has 0 spiro atoms. The van der Waals surface area contributed by atoms with E-state index in [0.717, 1.165) is 25.0 Å². The quantitative estimate of drug-likeness (QED) is 0.593. The van der Waals surface area contributed by atoms with Gasteiger partial charge in [-0.1, -0.05) is 12.1 Å². The van der Waals surface area contributed by atoms with Crippen molar-refractivity contribution in [2.75, 3.05) is 26.2 Å². The Kier molecular flexibility index (Phi) is 7.19. The van der Waals surface area contributed by atoms with Gasteiger partial charge in [0, 0.05) is 25.6 Å². The molecule has 34 heavy (non-hydrogen) atoms. The van der Waals surface area contributed by atoms with Crippen LogP contribution < -0.4 is 0 Å². The van der Waals surface area contributed by atoms with Crippen molar-refractivity contribution < 1.29 is 32.3 Å². The van der Waals surface area contributed by atoms with Gasteiger partial charge in [-0.25, -0.2) is 0 Å². The van der Waals surface area contributed by atoms with Gasteiger partial charge in [0.05, 0.1) is 30.0 Å². The third-order valence-corrected chi connectivity index (χ3v) is 7.09. The maximum Gasteiger partial charge on any atom is 0.416 e. The second-order valence-electron chi connectivity index (χ2n) is 9.55. The first-order chi connectivity index (χ1) is 16.2. The molecule has 2 heterocycles. The summed E-state index contributed by atoms with van der Waals surface area (Å²) in [6, 6.07) is 4.67. The van der Waals surface area contributed by atoms with E-state index in [4.69, 9.17) is 4.74 Å². The van der Waals surface area contributed by atoms with Crippen molar-refractivity contribution in [3.8, 4) is 0 Å². The smallest absolute Gasteiger partial charge is 0.416 e. The SMILES string of the molecule is CCOC(=O)C1CCCN(C(=O)C2CCC(c3cccc(C(F)(F)F)c3)N(C(=O)C3CC3)C2)C1. The fraction of sp³-hybridized carbons (Fsp3) is 0.640. The van der Waals surface area contributed by atoms with Gasteiger partial charge < -0.3 is 14.5 Å². The van der Waals surface area contributed by atoms with Crippen molar-refractivity contribution in [2.45, 2.75) is 57.7 Å². The van der Waals surface area contributed by atoms with Crippen molar-refractivity contribution in [1.29, 1.82) is 0 Å². The molecule has 4 rings (SSSR count). The summed E-state index contributed by atoms with van der Waals surface area (Å²) in [4.78, 5) is 41.9. The summed E-state index contributed by atoms with van der Waals surface area (Å²) in [7, 11) is 0. The van der Waals surface area contributed by atoms with Crippen molar-refractivity contribution in [1.82, 2.24) is 9.80 Å². The lowest BCUT2D eigenvalue weighted by Gasteiger charge is -2.42. The number of hydrogen-bond acceptors (Lipinski definition) is 4. The number of alkyl halides is 3. The Morgan fingerprint density at radius 1 is 0.971 bits per heavy atom. The zero-order valence-corrected chi connectivity index (χ0v) is 19.4. The van der Waals surface area contributed by atoms with Gasteiger partial charge in [0.25, 0.3) is 0 Å². The molecular formula is C25H31F3N2O4. The monoisotopic (exact) mass is 480 g/mol. The molecule has 2 aliphatic heterocycles. The van der Waals surface area contributed by atoms with E-state index in [1.54, 1.807) is 22.8 Å². The van der Waals surface area contributed by atoms with Crippen LogP contribution in [0, 0.1) is 17.8 Å². The number of nitrogens with zero attached hydrogens (tertiary/aromatic N) is 2. The van der Waals surface area contributed by atoms with Gasteiger partial charge in [-0.15, -0.1) is 0 Å². The number of rotatable bonds is 5. The predicted octanol–water partition coefficient (Wildman–Crippen LogP) is 4.20. The van der Waals surface area contributed by atoms with E-state index in [9.17, 15) is 27.6 Å². The Labute approximate surface area is 197 Å². The average Bonchev–Trinajstić information content (AvgIpc) is 3.68. The Bertz CT molecular complexity index is 931. The standard InChI is InChI=1S/C25H31F3N2O4/c1-2-34-24(33)19-6-4-12-29(14-19)22(31)18-10-11-21(30(15-18)23(32)16-8-9-16)17-5-3-7-20(13-17)25(26,27)28/h3,5,7,13,16,18-19,21H,2,4,6,8-12,14-15H2,1H3. The molecule has 3 unspecified atom stereocenters. The lowest BCUT2D eigenvalue weighted by atomic mass is 9.86. The van der Waals surface area contributed by atoms with Crippen LogP contribution in [0.2, 0.25) is 0 Å². The molecule has 2 saturated heterocycles. The lowest BCUT2D eigenvalue weighted by Crippen LogP contribution is -2.51. The van der Waals surface area contributed by atoms with E-state index in [2.05, 4.69) is 0 Å². The number of hydrogen-bond donors (Lipinski definition) is 0. The van der Waals surface area contributed by atoms with E-state index in [1.165, 1.54) is 6.07 Å². The topological polar surface area (TPSA) is 66.9 Å². The molecule has 186 valence electrons. The molecule has 2 amide bonds. The van der Waals surface area contributed by atoms with Crippen LogP contribution in [-0.2, 0) is 25.3 Å². The number of esters is 1. The summed E-state index contributed by atoms with van der Waals surface area (Å²) in [6.45, 7) is 3.09. The van der Waals surface area contributed by atoms with Gasteiger partial charge in [-0.3, -0.25) is 14.4 Å². The highest BCUT2D eigenvalue weighted by Gasteiger charge is 2.43. The van der Waals surface area contributed by atoms with Gasteiger partial charge >= 0.3 is 12.1 Å². The maximum atomic E-state index is 13.3. The minimum Gasteiger partial charge on any atom is -0.466 e. The van der Waals surface area contributed by atoms with Crippen LogP contribution in [0.3, 0.4) is 0 Å². The molecule has 1 aromatic rings. The highest BCUT2D eigenvalue weighted by atomic mass is 19.4. The summed E-state index contributed by atoms with van der Waals surface area (Å²) in [5, 5.41) is 0. The van der Waals surface area contributed by atoms with Gasteiger partial charge in [-0.05, 0) is 63.1 Å². The van der Waals surface area contributed by atoms with Gasteiger partial charge in [-0.2, -0.15) is 13.2 Å². The van der Waals surface area contributed by atoms with Crippen LogP contribution in [0.25, 0.3) is 0 Å². The molecule has 1 saturated carbocycles. The van der Waals surface area contributed by atoms with Crippen LogP contribution in [0.4, 0.5) is 13.2 Å². The molecule has 6 nitrogen and oxygen atoms in total. The minimum atomic E-state index is -4.46. The highest BCUT2D eigenvalue weighted by Crippen LogP contribution is 2.41. The molecule has 3 fully saturated rings. The summed E-state index contributed by atoms with van der Waals surface area (Å²) < 4.78 is 45.0. The first-order valence-corrected chi connectivity index (χ1v) is 12.1. The Hall–Kier alpha value is -2.58. The Morgan fingerprint density at radius 2 is 1.71 bits per heavy atom.